The Bertz CT molecular complexity index is 633. The fourth-order valence-electron chi connectivity index (χ4n) is 2.65. The van der Waals surface area contributed by atoms with Crippen LogP contribution in [-0.4, -0.2) is 17.3 Å². The maximum absolute atomic E-state index is 12.2. The summed E-state index contributed by atoms with van der Waals surface area (Å²) < 4.78 is 0. The van der Waals surface area contributed by atoms with E-state index in [1.54, 1.807) is 6.20 Å². The second kappa shape index (κ2) is 6.93. The molecule has 1 fully saturated rings. The van der Waals surface area contributed by atoms with E-state index in [0.29, 0.717) is 6.04 Å². The molecule has 0 bridgehead atoms. The molecule has 1 aromatic rings. The number of hydrogen-bond donors (Lipinski definition) is 2. The summed E-state index contributed by atoms with van der Waals surface area (Å²) in [6, 6.07) is 8.49. The maximum Gasteiger partial charge on any atom is 0.259 e. The summed E-state index contributed by atoms with van der Waals surface area (Å²) in [5.74, 6) is 6.35. The molecular weight excluding hydrogens is 292 g/mol. The minimum Gasteiger partial charge on any atom is -0.368 e. The lowest BCUT2D eigenvalue weighted by atomic mass is 10.2. The number of carbonyl (C=O) groups excluding carboxylic acids is 1. The molecule has 1 heterocycles. The normalized spacial score (nSPS) is 20.8. The first-order valence-corrected chi connectivity index (χ1v) is 8.60. The van der Waals surface area contributed by atoms with Crippen LogP contribution in [0.25, 0.3) is 0 Å². The van der Waals surface area contributed by atoms with E-state index in [-0.39, 0.29) is 11.3 Å². The molecular formula is C18H20N2OS. The molecule has 2 N–H and O–H groups in total. The zero-order chi connectivity index (χ0) is 15.4. The number of aryl methyl sites for hydroxylation is 1. The van der Waals surface area contributed by atoms with Gasteiger partial charge in [0.2, 0.25) is 0 Å². The summed E-state index contributed by atoms with van der Waals surface area (Å²) >= 11 is 1.49. The standard InChI is InChI=1S/C18H20N2OS/c1-13-6-8-14(9-7-13)10-11-17-19-12-16(22-17)18(21)20-15-4-2-3-5-15/h6-9,12,15,17,19H,2-5H2,1H3,(H,20,21). The quantitative estimate of drug-likeness (QED) is 0.825. The van der Waals surface area contributed by atoms with Crippen LogP contribution in [0.2, 0.25) is 0 Å². The molecule has 2 aliphatic rings. The van der Waals surface area contributed by atoms with Crippen molar-refractivity contribution in [3.63, 3.8) is 0 Å². The Labute approximate surface area is 135 Å². The highest BCUT2D eigenvalue weighted by atomic mass is 32.2. The lowest BCUT2D eigenvalue weighted by Crippen LogP contribution is -2.32. The molecule has 1 aromatic carbocycles. The number of amides is 1. The smallest absolute Gasteiger partial charge is 0.259 e. The zero-order valence-corrected chi connectivity index (χ0v) is 13.5. The van der Waals surface area contributed by atoms with Gasteiger partial charge in [0.05, 0.1) is 4.91 Å². The van der Waals surface area contributed by atoms with Crippen LogP contribution in [-0.2, 0) is 4.79 Å². The number of carbonyl (C=O) groups is 1. The molecule has 0 saturated heterocycles. The molecule has 1 aliphatic carbocycles. The molecule has 22 heavy (non-hydrogen) atoms. The number of thioether (sulfide) groups is 1. The monoisotopic (exact) mass is 312 g/mol. The summed E-state index contributed by atoms with van der Waals surface area (Å²) in [7, 11) is 0. The summed E-state index contributed by atoms with van der Waals surface area (Å²) in [5.41, 5.74) is 2.23. The fraction of sp³-hybridized carbons (Fsp3) is 0.389. The molecule has 0 spiro atoms. The van der Waals surface area contributed by atoms with E-state index >= 15 is 0 Å². The van der Waals surface area contributed by atoms with E-state index in [0.717, 1.165) is 23.3 Å². The van der Waals surface area contributed by atoms with Crippen molar-refractivity contribution in [1.29, 1.82) is 0 Å². The van der Waals surface area contributed by atoms with Crippen molar-refractivity contribution in [1.82, 2.24) is 10.6 Å². The highest BCUT2D eigenvalue weighted by Crippen LogP contribution is 2.26. The van der Waals surface area contributed by atoms with Crippen molar-refractivity contribution in [2.75, 3.05) is 0 Å². The Balaban J connectivity index is 1.53. The molecule has 3 nitrogen and oxygen atoms in total. The lowest BCUT2D eigenvalue weighted by molar-refractivity contribution is -0.117. The molecule has 1 aliphatic heterocycles. The van der Waals surface area contributed by atoms with Gasteiger partial charge in [0.25, 0.3) is 5.91 Å². The number of nitrogens with one attached hydrogen (secondary N) is 2. The van der Waals surface area contributed by atoms with Gasteiger partial charge in [-0.15, -0.1) is 0 Å². The summed E-state index contributed by atoms with van der Waals surface area (Å²) in [6.45, 7) is 2.06. The third-order valence-corrected chi connectivity index (χ3v) is 4.97. The van der Waals surface area contributed by atoms with Crippen molar-refractivity contribution < 1.29 is 4.79 Å². The Morgan fingerprint density at radius 1 is 1.27 bits per heavy atom. The Kier molecular flexibility index (Phi) is 4.74. The van der Waals surface area contributed by atoms with Gasteiger partial charge >= 0.3 is 0 Å². The van der Waals surface area contributed by atoms with Crippen LogP contribution in [0.4, 0.5) is 0 Å². The third kappa shape index (κ3) is 3.86. The molecule has 0 radical (unpaired) electrons. The van der Waals surface area contributed by atoms with Crippen LogP contribution < -0.4 is 10.6 Å². The zero-order valence-electron chi connectivity index (χ0n) is 12.7. The Hall–Kier alpha value is -1.86. The lowest BCUT2D eigenvalue weighted by Gasteiger charge is -2.11. The van der Waals surface area contributed by atoms with Gasteiger partial charge in [-0.05, 0) is 31.9 Å². The van der Waals surface area contributed by atoms with Gasteiger partial charge in [0.1, 0.15) is 5.37 Å². The first-order valence-electron chi connectivity index (χ1n) is 7.73. The summed E-state index contributed by atoms with van der Waals surface area (Å²) in [5, 5.41) is 6.22. The van der Waals surface area contributed by atoms with Crippen molar-refractivity contribution in [3.05, 3.63) is 46.5 Å². The van der Waals surface area contributed by atoms with E-state index < -0.39 is 0 Å². The van der Waals surface area contributed by atoms with Gasteiger partial charge < -0.3 is 10.6 Å². The number of hydrogen-bond acceptors (Lipinski definition) is 3. The Morgan fingerprint density at radius 2 is 2.00 bits per heavy atom. The summed E-state index contributed by atoms with van der Waals surface area (Å²) in [6.07, 6.45) is 6.44. The van der Waals surface area contributed by atoms with Crippen molar-refractivity contribution in [2.24, 2.45) is 0 Å². The highest BCUT2D eigenvalue weighted by molar-refractivity contribution is 8.05. The molecule has 1 unspecified atom stereocenters. The van der Waals surface area contributed by atoms with Gasteiger partial charge in [0.15, 0.2) is 0 Å². The molecule has 1 saturated carbocycles. The van der Waals surface area contributed by atoms with Crippen LogP contribution in [0.1, 0.15) is 36.8 Å². The second-order valence-corrected chi connectivity index (χ2v) is 6.91. The van der Waals surface area contributed by atoms with Gasteiger partial charge in [0, 0.05) is 17.8 Å². The highest BCUT2D eigenvalue weighted by Gasteiger charge is 2.24. The van der Waals surface area contributed by atoms with Gasteiger partial charge in [-0.25, -0.2) is 0 Å². The molecule has 4 heteroatoms. The third-order valence-electron chi connectivity index (χ3n) is 3.92. The topological polar surface area (TPSA) is 41.1 Å². The molecule has 0 aromatic heterocycles. The van der Waals surface area contributed by atoms with Gasteiger partial charge in [-0.1, -0.05) is 54.1 Å². The molecule has 3 rings (SSSR count). The first-order chi connectivity index (χ1) is 10.7. The predicted molar refractivity (Wildman–Crippen MR) is 91.1 cm³/mol. The van der Waals surface area contributed by atoms with Crippen molar-refractivity contribution in [2.45, 2.75) is 44.0 Å². The van der Waals surface area contributed by atoms with Crippen LogP contribution in [0.5, 0.6) is 0 Å². The van der Waals surface area contributed by atoms with Crippen LogP contribution in [0.15, 0.2) is 35.4 Å². The van der Waals surface area contributed by atoms with Crippen molar-refractivity contribution in [3.8, 4) is 11.8 Å². The second-order valence-electron chi connectivity index (χ2n) is 5.76. The molecule has 114 valence electrons. The van der Waals surface area contributed by atoms with Gasteiger partial charge in [-0.3, -0.25) is 4.79 Å². The fourth-order valence-corrected chi connectivity index (χ4v) is 3.46. The SMILES string of the molecule is Cc1ccc(C#CC2NC=C(C(=O)NC3CCCC3)S2)cc1. The number of rotatable bonds is 2. The minimum atomic E-state index is -0.0503. The van der Waals surface area contributed by atoms with E-state index in [4.69, 9.17) is 0 Å². The maximum atomic E-state index is 12.2. The predicted octanol–water partition coefficient (Wildman–Crippen LogP) is 2.91. The van der Waals surface area contributed by atoms with E-state index in [1.165, 1.54) is 30.2 Å². The minimum absolute atomic E-state index is 0.0315. The molecule has 1 atom stereocenters. The van der Waals surface area contributed by atoms with Crippen LogP contribution in [0, 0.1) is 18.8 Å². The largest absolute Gasteiger partial charge is 0.368 e. The van der Waals surface area contributed by atoms with Crippen molar-refractivity contribution >= 4 is 17.7 Å². The van der Waals surface area contributed by atoms with Crippen LogP contribution in [0.3, 0.4) is 0 Å². The Morgan fingerprint density at radius 3 is 2.73 bits per heavy atom. The first kappa shape index (κ1) is 15.1. The van der Waals surface area contributed by atoms with Gasteiger partial charge in [-0.2, -0.15) is 0 Å². The van der Waals surface area contributed by atoms with E-state index in [9.17, 15) is 4.79 Å². The van der Waals surface area contributed by atoms with E-state index in [1.807, 2.05) is 12.1 Å². The summed E-state index contributed by atoms with van der Waals surface area (Å²) in [4.78, 5) is 12.9. The van der Waals surface area contributed by atoms with Crippen LogP contribution >= 0.6 is 11.8 Å². The number of benzene rings is 1. The van der Waals surface area contributed by atoms with E-state index in [2.05, 4.69) is 41.5 Å². The average molecular weight is 312 g/mol. The average Bonchev–Trinajstić information content (AvgIpc) is 3.18. The molecule has 1 amide bonds.